The maximum atomic E-state index is 13.8. The van der Waals surface area contributed by atoms with Crippen LogP contribution in [-0.4, -0.2) is 63.6 Å². The van der Waals surface area contributed by atoms with Gasteiger partial charge in [0.1, 0.15) is 12.1 Å². The molecular formula is C24H27F3N4O4S. The topological polar surface area (TPSA) is 112 Å². The smallest absolute Gasteiger partial charge is 0.391 e. The van der Waals surface area contributed by atoms with Crippen LogP contribution in [0.4, 0.5) is 13.2 Å². The summed E-state index contributed by atoms with van der Waals surface area (Å²) >= 11 is 1.52. The number of nitrogens with one attached hydrogen (secondary N) is 2. The number of carbonyl (C=O) groups excluding carboxylic acids is 3. The minimum atomic E-state index is -4.70. The molecule has 0 radical (unpaired) electrons. The molecule has 194 valence electrons. The third kappa shape index (κ3) is 5.10. The third-order valence-electron chi connectivity index (χ3n) is 6.79. The first kappa shape index (κ1) is 26.1. The Morgan fingerprint density at radius 2 is 1.92 bits per heavy atom. The lowest BCUT2D eigenvalue weighted by molar-refractivity contribution is -0.199. The highest BCUT2D eigenvalue weighted by atomic mass is 32.1. The molecule has 3 amide bonds. The molecule has 2 aliphatic rings. The van der Waals surface area contributed by atoms with Gasteiger partial charge in [0.15, 0.2) is 0 Å². The molecule has 8 nitrogen and oxygen atoms in total. The molecule has 1 aromatic heterocycles. The summed E-state index contributed by atoms with van der Waals surface area (Å²) in [7, 11) is 0. The van der Waals surface area contributed by atoms with E-state index in [-0.39, 0.29) is 32.4 Å². The van der Waals surface area contributed by atoms with Crippen LogP contribution in [0.15, 0.2) is 29.8 Å². The first-order valence-electron chi connectivity index (χ1n) is 11.5. The number of rotatable bonds is 7. The number of hydrogen-bond donors (Lipinski definition) is 3. The lowest BCUT2D eigenvalue weighted by atomic mass is 9.93. The van der Waals surface area contributed by atoms with E-state index in [1.54, 1.807) is 5.51 Å². The summed E-state index contributed by atoms with van der Waals surface area (Å²) < 4.78 is 41.3. The summed E-state index contributed by atoms with van der Waals surface area (Å²) in [4.78, 5) is 44.1. The summed E-state index contributed by atoms with van der Waals surface area (Å²) in [6, 6.07) is 4.50. The standard InChI is InChI=1S/C24H27F3N4O4S/c1-13-19(36-12-29-13)16-5-3-15(4-6-16)10-28-21(34)18-9-17(33)11-31(18)22(35)20(30-14(2)32)23(7-8-23)24(25,26)27/h3-6,12,17-18,20,33H,7-11H2,1-2H3,(H,28,34)(H,30,32)/t17-,18+,20-/m1/s1. The fraction of sp³-hybridized carbons (Fsp3) is 0.500. The lowest BCUT2D eigenvalue weighted by Crippen LogP contribution is -2.59. The van der Waals surface area contributed by atoms with Crippen molar-refractivity contribution in [2.24, 2.45) is 5.41 Å². The number of carbonyl (C=O) groups is 3. The molecule has 1 aromatic carbocycles. The van der Waals surface area contributed by atoms with Gasteiger partial charge in [-0.1, -0.05) is 24.3 Å². The summed E-state index contributed by atoms with van der Waals surface area (Å²) in [6.07, 6.45) is -6.46. The Bertz CT molecular complexity index is 1150. The molecule has 1 saturated heterocycles. The van der Waals surface area contributed by atoms with Gasteiger partial charge in [0, 0.05) is 26.4 Å². The van der Waals surface area contributed by atoms with Gasteiger partial charge in [-0.05, 0) is 30.9 Å². The van der Waals surface area contributed by atoms with Gasteiger partial charge in [0.2, 0.25) is 17.7 Å². The number of amides is 3. The number of likely N-dealkylation sites (tertiary alicyclic amines) is 1. The van der Waals surface area contributed by atoms with Gasteiger partial charge in [-0.15, -0.1) is 11.3 Å². The number of aromatic nitrogens is 1. The highest BCUT2D eigenvalue weighted by molar-refractivity contribution is 7.13. The Morgan fingerprint density at radius 1 is 1.25 bits per heavy atom. The van der Waals surface area contributed by atoms with E-state index in [1.807, 2.05) is 31.2 Å². The van der Waals surface area contributed by atoms with Crippen molar-refractivity contribution >= 4 is 29.1 Å². The van der Waals surface area contributed by atoms with Crippen molar-refractivity contribution in [2.45, 2.75) is 64.0 Å². The van der Waals surface area contributed by atoms with Crippen molar-refractivity contribution < 1.29 is 32.7 Å². The molecule has 4 rings (SSSR count). The number of halogens is 3. The molecule has 0 unspecified atom stereocenters. The van der Waals surface area contributed by atoms with E-state index in [1.165, 1.54) is 11.3 Å². The number of aliphatic hydroxyl groups excluding tert-OH is 1. The maximum absolute atomic E-state index is 13.8. The fourth-order valence-corrected chi connectivity index (χ4v) is 5.45. The van der Waals surface area contributed by atoms with E-state index in [0.29, 0.717) is 0 Å². The number of hydrogen-bond acceptors (Lipinski definition) is 6. The van der Waals surface area contributed by atoms with Gasteiger partial charge in [-0.3, -0.25) is 14.4 Å². The molecule has 1 saturated carbocycles. The Labute approximate surface area is 209 Å². The molecule has 3 N–H and O–H groups in total. The van der Waals surface area contributed by atoms with Gasteiger partial charge >= 0.3 is 6.18 Å². The second-order valence-corrected chi connectivity index (χ2v) is 10.2. The zero-order chi connectivity index (χ0) is 26.3. The predicted octanol–water partition coefficient (Wildman–Crippen LogP) is 2.54. The number of alkyl halides is 3. The zero-order valence-electron chi connectivity index (χ0n) is 19.8. The largest absolute Gasteiger partial charge is 0.396 e. The van der Waals surface area contributed by atoms with E-state index in [4.69, 9.17) is 0 Å². The Hall–Kier alpha value is -2.99. The summed E-state index contributed by atoms with van der Waals surface area (Å²) in [6.45, 7) is 2.80. The molecule has 36 heavy (non-hydrogen) atoms. The van der Waals surface area contributed by atoms with Crippen molar-refractivity contribution in [1.82, 2.24) is 20.5 Å². The zero-order valence-corrected chi connectivity index (χ0v) is 20.6. The number of β-amino-alcohol motifs (C(OH)–C–C–N with tert-alkyl or cyclic N) is 1. The molecule has 2 aromatic rings. The summed E-state index contributed by atoms with van der Waals surface area (Å²) in [5.74, 6) is -2.37. The normalized spacial score (nSPS) is 21.7. The van der Waals surface area contributed by atoms with E-state index in [2.05, 4.69) is 15.6 Å². The van der Waals surface area contributed by atoms with Crippen LogP contribution in [0.5, 0.6) is 0 Å². The van der Waals surface area contributed by atoms with Crippen LogP contribution in [-0.2, 0) is 20.9 Å². The van der Waals surface area contributed by atoms with E-state index >= 15 is 0 Å². The van der Waals surface area contributed by atoms with Crippen LogP contribution in [0.3, 0.4) is 0 Å². The molecule has 2 heterocycles. The maximum Gasteiger partial charge on any atom is 0.396 e. The van der Waals surface area contributed by atoms with E-state index in [9.17, 15) is 32.7 Å². The average molecular weight is 525 g/mol. The second kappa shape index (κ2) is 9.81. The lowest BCUT2D eigenvalue weighted by Gasteiger charge is -2.33. The predicted molar refractivity (Wildman–Crippen MR) is 126 cm³/mol. The SMILES string of the molecule is CC(=O)N[C@H](C(=O)N1C[C@H](O)C[C@H]1C(=O)NCc1ccc(-c2scnc2C)cc1)C1(C(F)(F)F)CC1. The minimum Gasteiger partial charge on any atom is -0.391 e. The number of aryl methyl sites for hydroxylation is 1. The van der Waals surface area contributed by atoms with Crippen molar-refractivity contribution in [3.8, 4) is 10.4 Å². The number of aliphatic hydroxyl groups is 1. The van der Waals surface area contributed by atoms with Gasteiger partial charge in [0.05, 0.1) is 27.6 Å². The van der Waals surface area contributed by atoms with Crippen molar-refractivity contribution in [1.29, 1.82) is 0 Å². The van der Waals surface area contributed by atoms with Gasteiger partial charge in [-0.2, -0.15) is 13.2 Å². The third-order valence-corrected chi connectivity index (χ3v) is 7.77. The molecular weight excluding hydrogens is 497 g/mol. The van der Waals surface area contributed by atoms with E-state index < -0.39 is 47.5 Å². The van der Waals surface area contributed by atoms with Crippen LogP contribution < -0.4 is 10.6 Å². The Kier molecular flexibility index (Phi) is 7.11. The highest BCUT2D eigenvalue weighted by Crippen LogP contribution is 2.60. The monoisotopic (exact) mass is 524 g/mol. The van der Waals surface area contributed by atoms with Crippen molar-refractivity contribution in [2.75, 3.05) is 6.54 Å². The first-order chi connectivity index (χ1) is 16.9. The van der Waals surface area contributed by atoms with Crippen LogP contribution in [0.1, 0.15) is 37.4 Å². The average Bonchev–Trinajstić information content (AvgIpc) is 3.39. The van der Waals surface area contributed by atoms with Crippen LogP contribution in [0, 0.1) is 12.3 Å². The molecule has 0 spiro atoms. The van der Waals surface area contributed by atoms with Gasteiger partial charge in [0.25, 0.3) is 0 Å². The second-order valence-electron chi connectivity index (χ2n) is 9.36. The van der Waals surface area contributed by atoms with Crippen LogP contribution in [0.2, 0.25) is 0 Å². The van der Waals surface area contributed by atoms with Crippen molar-refractivity contribution in [3.05, 3.63) is 41.0 Å². The van der Waals surface area contributed by atoms with Crippen LogP contribution in [0.25, 0.3) is 10.4 Å². The summed E-state index contributed by atoms with van der Waals surface area (Å²) in [5.41, 5.74) is 2.10. The molecule has 0 bridgehead atoms. The number of thiazole rings is 1. The Balaban J connectivity index is 1.45. The van der Waals surface area contributed by atoms with Gasteiger partial charge in [-0.25, -0.2) is 4.98 Å². The quantitative estimate of drug-likeness (QED) is 0.516. The summed E-state index contributed by atoms with van der Waals surface area (Å²) in [5, 5.41) is 15.0. The van der Waals surface area contributed by atoms with Crippen molar-refractivity contribution in [3.63, 3.8) is 0 Å². The molecule has 3 atom stereocenters. The first-order valence-corrected chi connectivity index (χ1v) is 12.4. The highest BCUT2D eigenvalue weighted by Gasteiger charge is 2.70. The molecule has 12 heteroatoms. The van der Waals surface area contributed by atoms with E-state index in [0.717, 1.165) is 33.5 Å². The molecule has 2 fully saturated rings. The van der Waals surface area contributed by atoms with Gasteiger partial charge < -0.3 is 20.6 Å². The minimum absolute atomic E-state index is 0.104. The molecule has 1 aliphatic heterocycles. The number of benzene rings is 1. The molecule has 1 aliphatic carbocycles. The fourth-order valence-electron chi connectivity index (χ4n) is 4.64. The number of nitrogens with zero attached hydrogens (tertiary/aromatic N) is 2. The Morgan fingerprint density at radius 3 is 2.44 bits per heavy atom. The van der Waals surface area contributed by atoms with Crippen LogP contribution >= 0.6 is 11.3 Å².